The van der Waals surface area contributed by atoms with E-state index in [0.717, 1.165) is 10.2 Å². The maximum absolute atomic E-state index is 12.1. The first-order valence-corrected chi connectivity index (χ1v) is 9.35. The van der Waals surface area contributed by atoms with Crippen molar-refractivity contribution < 1.29 is 13.2 Å². The fraction of sp³-hybridized carbons (Fsp3) is 0.200. The van der Waals surface area contributed by atoms with Gasteiger partial charge in [0.2, 0.25) is 0 Å². The molecule has 0 radical (unpaired) electrons. The number of carbonyl (C=O) groups is 1. The number of carbonyl (C=O) groups excluding carboxylic acids is 1. The van der Waals surface area contributed by atoms with Crippen LogP contribution in [-0.4, -0.2) is 24.7 Å². The number of benzene rings is 1. The van der Waals surface area contributed by atoms with E-state index >= 15 is 0 Å². The second-order valence-corrected chi connectivity index (χ2v) is 7.75. The molecule has 0 aliphatic carbocycles. The molecule has 0 bridgehead atoms. The van der Waals surface area contributed by atoms with Gasteiger partial charge in [-0.25, -0.2) is 0 Å². The average molecular weight is 413 g/mol. The van der Waals surface area contributed by atoms with Crippen molar-refractivity contribution in [2.45, 2.75) is 19.9 Å². The number of hydrogen-bond donors (Lipinski definition) is 3. The minimum Gasteiger partial charge on any atom is -0.354 e. The number of sulfonamides is 1. The second kappa shape index (κ2) is 7.63. The third-order valence-electron chi connectivity index (χ3n) is 2.82. The molecular weight excluding hydrogens is 396 g/mol. The van der Waals surface area contributed by atoms with E-state index in [1.165, 1.54) is 12.4 Å². The minimum absolute atomic E-state index is 0.177. The molecule has 1 aromatic carbocycles. The molecule has 3 N–H and O–H groups in total. The number of nitrogens with one attached hydrogen (secondary N) is 3. The maximum Gasteiger partial charge on any atom is 0.357 e. The van der Waals surface area contributed by atoms with E-state index in [2.05, 4.69) is 36.3 Å². The fourth-order valence-corrected chi connectivity index (χ4v) is 3.15. The summed E-state index contributed by atoms with van der Waals surface area (Å²) in [5, 5.41) is 4.34. The molecule has 0 spiro atoms. The van der Waals surface area contributed by atoms with Crippen LogP contribution in [-0.2, 0) is 10.0 Å². The van der Waals surface area contributed by atoms with Gasteiger partial charge in [-0.1, -0.05) is 22.0 Å². The highest BCUT2D eigenvalue weighted by molar-refractivity contribution is 9.10. The van der Waals surface area contributed by atoms with Gasteiger partial charge in [0.25, 0.3) is 0 Å². The largest absolute Gasteiger partial charge is 0.357 e. The van der Waals surface area contributed by atoms with Crippen LogP contribution in [0.5, 0.6) is 0 Å². The van der Waals surface area contributed by atoms with Gasteiger partial charge in [0.1, 0.15) is 0 Å². The molecule has 1 aromatic heterocycles. The molecule has 0 fully saturated rings. The first kappa shape index (κ1) is 18.2. The lowest BCUT2D eigenvalue weighted by Gasteiger charge is -2.14. The van der Waals surface area contributed by atoms with Gasteiger partial charge < -0.3 is 10.6 Å². The molecular formula is C15H17BrN4O3S. The quantitative estimate of drug-likeness (QED) is 0.697. The molecule has 24 heavy (non-hydrogen) atoms. The molecule has 9 heteroatoms. The summed E-state index contributed by atoms with van der Waals surface area (Å²) in [5.74, 6) is 0. The summed E-state index contributed by atoms with van der Waals surface area (Å²) in [6.45, 7) is 3.36. The summed E-state index contributed by atoms with van der Waals surface area (Å²) >= 11 is 3.37. The standard InChI is InChI=1S/C15H17BrN4O3S/c1-10(2)18-15(21)24(22,23)20-14-9-17-7-6-13(14)19-12-5-3-4-11(16)8-12/h3-10,20H,1-2H3,(H,17,19)(H,18,21). The van der Waals surface area contributed by atoms with Crippen LogP contribution >= 0.6 is 15.9 Å². The van der Waals surface area contributed by atoms with Crippen molar-refractivity contribution in [1.82, 2.24) is 10.3 Å². The van der Waals surface area contributed by atoms with Gasteiger partial charge in [0.15, 0.2) is 0 Å². The highest BCUT2D eigenvalue weighted by Gasteiger charge is 2.23. The highest BCUT2D eigenvalue weighted by atomic mass is 79.9. The summed E-state index contributed by atoms with van der Waals surface area (Å²) in [6.07, 6.45) is 2.85. The Kier molecular flexibility index (Phi) is 5.79. The van der Waals surface area contributed by atoms with Gasteiger partial charge in [-0.3, -0.25) is 14.5 Å². The normalized spacial score (nSPS) is 11.2. The van der Waals surface area contributed by atoms with Crippen LogP contribution in [0.4, 0.5) is 21.9 Å². The molecule has 0 aliphatic rings. The number of halogens is 1. The predicted molar refractivity (Wildman–Crippen MR) is 97.9 cm³/mol. The smallest absolute Gasteiger partial charge is 0.354 e. The number of hydrogen-bond acceptors (Lipinski definition) is 5. The minimum atomic E-state index is -4.22. The van der Waals surface area contributed by atoms with Crippen LogP contribution in [0.15, 0.2) is 47.2 Å². The first-order valence-electron chi connectivity index (χ1n) is 7.08. The molecule has 0 aliphatic heterocycles. The van der Waals surface area contributed by atoms with E-state index in [4.69, 9.17) is 0 Å². The Morgan fingerprint density at radius 1 is 1.21 bits per heavy atom. The third-order valence-corrected chi connectivity index (χ3v) is 4.41. The van der Waals surface area contributed by atoms with Crippen molar-refractivity contribution in [1.29, 1.82) is 0 Å². The fourth-order valence-electron chi connectivity index (χ4n) is 1.81. The predicted octanol–water partition coefficient (Wildman–Crippen LogP) is 3.45. The van der Waals surface area contributed by atoms with Crippen molar-refractivity contribution in [3.63, 3.8) is 0 Å². The summed E-state index contributed by atoms with van der Waals surface area (Å²) < 4.78 is 27.3. The van der Waals surface area contributed by atoms with E-state index in [0.29, 0.717) is 5.69 Å². The Labute approximate surface area is 149 Å². The molecule has 1 heterocycles. The van der Waals surface area contributed by atoms with Gasteiger partial charge >= 0.3 is 15.3 Å². The van der Waals surface area contributed by atoms with Gasteiger partial charge in [-0.15, -0.1) is 0 Å². The van der Waals surface area contributed by atoms with E-state index in [9.17, 15) is 13.2 Å². The highest BCUT2D eigenvalue weighted by Crippen LogP contribution is 2.26. The zero-order chi connectivity index (χ0) is 17.7. The van der Waals surface area contributed by atoms with Gasteiger partial charge in [-0.2, -0.15) is 8.42 Å². The van der Waals surface area contributed by atoms with Crippen molar-refractivity contribution >= 4 is 48.3 Å². The lowest BCUT2D eigenvalue weighted by atomic mass is 10.3. The van der Waals surface area contributed by atoms with E-state index in [1.807, 2.05) is 24.3 Å². The number of nitrogens with zero attached hydrogens (tertiary/aromatic N) is 1. The molecule has 0 saturated heterocycles. The Morgan fingerprint density at radius 3 is 2.62 bits per heavy atom. The molecule has 7 nitrogen and oxygen atoms in total. The molecule has 1 amide bonds. The Morgan fingerprint density at radius 2 is 1.96 bits per heavy atom. The number of aromatic nitrogens is 1. The monoisotopic (exact) mass is 412 g/mol. The molecule has 2 aromatic rings. The topological polar surface area (TPSA) is 100 Å². The molecule has 0 saturated carbocycles. The van der Waals surface area contributed by atoms with Crippen LogP contribution in [0.25, 0.3) is 0 Å². The number of anilines is 3. The number of amides is 1. The van der Waals surface area contributed by atoms with Gasteiger partial charge in [0, 0.05) is 22.4 Å². The molecule has 0 atom stereocenters. The first-order chi connectivity index (χ1) is 11.3. The summed E-state index contributed by atoms with van der Waals surface area (Å²) in [6, 6.07) is 8.70. The lowest BCUT2D eigenvalue weighted by molar-refractivity contribution is 0.256. The maximum atomic E-state index is 12.1. The molecule has 128 valence electrons. The van der Waals surface area contributed by atoms with E-state index in [-0.39, 0.29) is 11.7 Å². The van der Waals surface area contributed by atoms with Crippen LogP contribution in [0, 0.1) is 0 Å². The van der Waals surface area contributed by atoms with Crippen LogP contribution in [0.1, 0.15) is 13.8 Å². The lowest BCUT2D eigenvalue weighted by Crippen LogP contribution is -2.37. The van der Waals surface area contributed by atoms with Crippen LogP contribution in [0.2, 0.25) is 0 Å². The Balaban J connectivity index is 2.24. The SMILES string of the molecule is CC(C)NC(=O)S(=O)(=O)Nc1cnccc1Nc1cccc(Br)c1. The number of pyridine rings is 1. The van der Waals surface area contributed by atoms with E-state index < -0.39 is 15.3 Å². The second-order valence-electron chi connectivity index (χ2n) is 5.25. The van der Waals surface area contributed by atoms with Gasteiger partial charge in [-0.05, 0) is 38.1 Å². The van der Waals surface area contributed by atoms with Crippen molar-refractivity contribution in [3.05, 3.63) is 47.2 Å². The summed E-state index contributed by atoms with van der Waals surface area (Å²) in [7, 11) is -4.22. The zero-order valence-corrected chi connectivity index (χ0v) is 15.5. The van der Waals surface area contributed by atoms with Crippen molar-refractivity contribution in [2.24, 2.45) is 0 Å². The Bertz CT molecular complexity index is 840. The van der Waals surface area contributed by atoms with Crippen molar-refractivity contribution in [2.75, 3.05) is 10.0 Å². The van der Waals surface area contributed by atoms with Crippen molar-refractivity contribution in [3.8, 4) is 0 Å². The number of rotatable bonds is 5. The third kappa shape index (κ3) is 4.93. The summed E-state index contributed by atoms with van der Waals surface area (Å²) in [4.78, 5) is 15.7. The zero-order valence-electron chi connectivity index (χ0n) is 13.1. The summed E-state index contributed by atoms with van der Waals surface area (Å²) in [5.41, 5.74) is 1.41. The molecule has 2 rings (SSSR count). The van der Waals surface area contributed by atoms with E-state index in [1.54, 1.807) is 19.9 Å². The Hall–Kier alpha value is -2.13. The average Bonchev–Trinajstić information content (AvgIpc) is 2.48. The van der Waals surface area contributed by atoms with Crippen LogP contribution < -0.4 is 15.4 Å². The van der Waals surface area contributed by atoms with Crippen LogP contribution in [0.3, 0.4) is 0 Å². The van der Waals surface area contributed by atoms with Gasteiger partial charge in [0.05, 0.1) is 17.6 Å². The molecule has 0 unspecified atom stereocenters.